The van der Waals surface area contributed by atoms with Gasteiger partial charge in [-0.25, -0.2) is 9.99 Å². The van der Waals surface area contributed by atoms with Gasteiger partial charge in [0.2, 0.25) is 5.28 Å². The Morgan fingerprint density at radius 1 is 1.44 bits per heavy atom. The van der Waals surface area contributed by atoms with Crippen molar-refractivity contribution in [2.45, 2.75) is 13.3 Å². The number of hydrogen-bond donors (Lipinski definition) is 1. The van der Waals surface area contributed by atoms with Crippen LogP contribution in [0.2, 0.25) is 5.28 Å². The molecule has 0 spiro atoms. The summed E-state index contributed by atoms with van der Waals surface area (Å²) in [5, 5.41) is 3.14. The lowest BCUT2D eigenvalue weighted by Gasteiger charge is -2.12. The Kier molecular flexibility index (Phi) is 3.28. The third kappa shape index (κ3) is 2.26. The lowest BCUT2D eigenvalue weighted by Crippen LogP contribution is -2.20. The summed E-state index contributed by atoms with van der Waals surface area (Å²) in [6, 6.07) is 2.11. The van der Waals surface area contributed by atoms with Gasteiger partial charge in [-0.1, -0.05) is 6.92 Å². The third-order valence-corrected chi connectivity index (χ3v) is 3.44. The molecule has 86 valence electrons. The first kappa shape index (κ1) is 11.6. The van der Waals surface area contributed by atoms with E-state index in [0.29, 0.717) is 0 Å². The number of nitrogens with zero attached hydrogens (tertiary/aromatic N) is 3. The number of aryl methyl sites for hydroxylation is 1. The van der Waals surface area contributed by atoms with Gasteiger partial charge in [-0.05, 0) is 24.1 Å². The van der Waals surface area contributed by atoms with Crippen LogP contribution in [-0.4, -0.2) is 29.1 Å². The number of aromatic nitrogens is 2. The highest BCUT2D eigenvalue weighted by molar-refractivity contribution is 7.18. The van der Waals surface area contributed by atoms with Crippen LogP contribution in [0.25, 0.3) is 10.2 Å². The predicted molar refractivity (Wildman–Crippen MR) is 69.1 cm³/mol. The van der Waals surface area contributed by atoms with Gasteiger partial charge < -0.3 is 5.43 Å². The molecule has 0 aliphatic carbocycles. The van der Waals surface area contributed by atoms with Crippen LogP contribution in [0.5, 0.6) is 0 Å². The van der Waals surface area contributed by atoms with Gasteiger partial charge in [0.1, 0.15) is 4.83 Å². The van der Waals surface area contributed by atoms with Gasteiger partial charge >= 0.3 is 0 Å². The van der Waals surface area contributed by atoms with E-state index >= 15 is 0 Å². The smallest absolute Gasteiger partial charge is 0.225 e. The summed E-state index contributed by atoms with van der Waals surface area (Å²) in [5.74, 6) is 0.760. The molecule has 1 N–H and O–H groups in total. The van der Waals surface area contributed by atoms with Crippen molar-refractivity contribution in [2.75, 3.05) is 19.5 Å². The normalized spacial score (nSPS) is 11.3. The van der Waals surface area contributed by atoms with Crippen molar-refractivity contribution >= 4 is 39.0 Å². The van der Waals surface area contributed by atoms with Crippen molar-refractivity contribution < 1.29 is 0 Å². The number of halogens is 1. The summed E-state index contributed by atoms with van der Waals surface area (Å²) >= 11 is 7.54. The van der Waals surface area contributed by atoms with Crippen molar-refractivity contribution in [1.82, 2.24) is 15.0 Å². The Hall–Kier alpha value is -0.910. The topological polar surface area (TPSA) is 41.0 Å². The molecule has 0 atom stereocenters. The highest BCUT2D eigenvalue weighted by Gasteiger charge is 2.10. The maximum absolute atomic E-state index is 5.89. The zero-order chi connectivity index (χ0) is 11.7. The summed E-state index contributed by atoms with van der Waals surface area (Å²) in [5.41, 5.74) is 3.13. The quantitative estimate of drug-likeness (QED) is 0.677. The Balaban J connectivity index is 2.56. The fourth-order valence-electron chi connectivity index (χ4n) is 1.42. The molecule has 0 bridgehead atoms. The number of thiophene rings is 1. The molecular formula is C10H13ClN4S. The van der Waals surface area contributed by atoms with Crippen molar-refractivity contribution in [3.8, 4) is 0 Å². The van der Waals surface area contributed by atoms with Crippen LogP contribution in [0.1, 0.15) is 11.8 Å². The second kappa shape index (κ2) is 4.53. The summed E-state index contributed by atoms with van der Waals surface area (Å²) < 4.78 is 0. The first-order chi connectivity index (χ1) is 7.60. The molecule has 2 rings (SSSR count). The van der Waals surface area contributed by atoms with E-state index in [4.69, 9.17) is 11.6 Å². The summed E-state index contributed by atoms with van der Waals surface area (Å²) in [6.45, 7) is 2.12. The minimum Gasteiger partial charge on any atom is -0.303 e. The Labute approximate surface area is 103 Å². The van der Waals surface area contributed by atoms with E-state index in [1.165, 1.54) is 4.88 Å². The molecule has 0 saturated carbocycles. The second-order valence-electron chi connectivity index (χ2n) is 3.63. The van der Waals surface area contributed by atoms with Gasteiger partial charge in [0.05, 0.1) is 5.39 Å². The van der Waals surface area contributed by atoms with Crippen LogP contribution in [-0.2, 0) is 6.42 Å². The number of hydrogen-bond acceptors (Lipinski definition) is 5. The average molecular weight is 257 g/mol. The van der Waals surface area contributed by atoms with Gasteiger partial charge in [-0.15, -0.1) is 11.3 Å². The van der Waals surface area contributed by atoms with E-state index in [1.54, 1.807) is 11.3 Å². The SMILES string of the molecule is CCc1cc2c(NN(C)C)nc(Cl)nc2s1. The van der Waals surface area contributed by atoms with Crippen LogP contribution in [0, 0.1) is 0 Å². The lowest BCUT2D eigenvalue weighted by atomic mass is 10.3. The van der Waals surface area contributed by atoms with Gasteiger partial charge in [0.15, 0.2) is 5.82 Å². The molecule has 2 aromatic heterocycles. The monoisotopic (exact) mass is 256 g/mol. The van der Waals surface area contributed by atoms with Gasteiger partial charge in [-0.2, -0.15) is 4.98 Å². The zero-order valence-electron chi connectivity index (χ0n) is 9.41. The average Bonchev–Trinajstić information content (AvgIpc) is 2.59. The zero-order valence-corrected chi connectivity index (χ0v) is 11.0. The molecular weight excluding hydrogens is 244 g/mol. The van der Waals surface area contributed by atoms with E-state index in [0.717, 1.165) is 22.5 Å². The number of rotatable bonds is 3. The maximum Gasteiger partial charge on any atom is 0.225 e. The van der Waals surface area contributed by atoms with Crippen molar-refractivity contribution in [2.24, 2.45) is 0 Å². The third-order valence-electron chi connectivity index (χ3n) is 2.09. The van der Waals surface area contributed by atoms with Crippen LogP contribution < -0.4 is 5.43 Å². The van der Waals surface area contributed by atoms with Gasteiger partial charge in [0.25, 0.3) is 0 Å². The van der Waals surface area contributed by atoms with Crippen molar-refractivity contribution in [3.63, 3.8) is 0 Å². The van der Waals surface area contributed by atoms with Crippen LogP contribution in [0.15, 0.2) is 6.07 Å². The molecule has 16 heavy (non-hydrogen) atoms. The first-order valence-electron chi connectivity index (χ1n) is 5.00. The number of fused-ring (bicyclic) bond motifs is 1. The second-order valence-corrected chi connectivity index (χ2v) is 5.09. The fraction of sp³-hybridized carbons (Fsp3) is 0.400. The molecule has 0 unspecified atom stereocenters. The van der Waals surface area contributed by atoms with Crippen molar-refractivity contribution in [3.05, 3.63) is 16.2 Å². The molecule has 2 aromatic rings. The largest absolute Gasteiger partial charge is 0.303 e. The Morgan fingerprint density at radius 3 is 2.81 bits per heavy atom. The van der Waals surface area contributed by atoms with Crippen LogP contribution in [0.3, 0.4) is 0 Å². The van der Waals surface area contributed by atoms with Crippen molar-refractivity contribution in [1.29, 1.82) is 0 Å². The molecule has 0 fully saturated rings. The maximum atomic E-state index is 5.89. The molecule has 2 heterocycles. The van der Waals surface area contributed by atoms with Crippen LogP contribution in [0.4, 0.5) is 5.82 Å². The molecule has 0 aromatic carbocycles. The lowest BCUT2D eigenvalue weighted by molar-refractivity contribution is 0.493. The first-order valence-corrected chi connectivity index (χ1v) is 6.19. The van der Waals surface area contributed by atoms with Gasteiger partial charge in [0, 0.05) is 19.0 Å². The molecule has 0 saturated heterocycles. The number of hydrazine groups is 1. The molecule has 0 amide bonds. The molecule has 4 nitrogen and oxygen atoms in total. The minimum atomic E-state index is 0.279. The number of nitrogens with one attached hydrogen (secondary N) is 1. The molecule has 0 aliphatic heterocycles. The molecule has 0 radical (unpaired) electrons. The predicted octanol–water partition coefficient (Wildman–Crippen LogP) is 2.80. The Bertz CT molecular complexity index is 509. The van der Waals surface area contributed by atoms with E-state index in [9.17, 15) is 0 Å². The fourth-order valence-corrected chi connectivity index (χ4v) is 2.60. The number of anilines is 1. The molecule has 0 aliphatic rings. The summed E-state index contributed by atoms with van der Waals surface area (Å²) in [7, 11) is 3.82. The Morgan fingerprint density at radius 2 is 2.19 bits per heavy atom. The van der Waals surface area contributed by atoms with E-state index in [-0.39, 0.29) is 5.28 Å². The highest BCUT2D eigenvalue weighted by Crippen LogP contribution is 2.30. The standard InChI is InChI=1S/C10H13ClN4S/c1-4-6-5-7-8(14-15(2)3)12-10(11)13-9(7)16-6/h5H,4H2,1-3H3,(H,12,13,14). The molecule has 6 heteroatoms. The van der Waals surface area contributed by atoms with E-state index < -0.39 is 0 Å². The summed E-state index contributed by atoms with van der Waals surface area (Å²) in [4.78, 5) is 10.6. The minimum absolute atomic E-state index is 0.279. The van der Waals surface area contributed by atoms with Crippen LogP contribution >= 0.6 is 22.9 Å². The summed E-state index contributed by atoms with van der Waals surface area (Å²) in [6.07, 6.45) is 1.00. The highest BCUT2D eigenvalue weighted by atomic mass is 35.5. The van der Waals surface area contributed by atoms with E-state index in [1.807, 2.05) is 19.1 Å². The van der Waals surface area contributed by atoms with E-state index in [2.05, 4.69) is 28.4 Å². The van der Waals surface area contributed by atoms with Gasteiger partial charge in [-0.3, -0.25) is 0 Å².